The highest BCUT2D eigenvalue weighted by Crippen LogP contribution is 2.38. The fraction of sp³-hybridized carbons (Fsp3) is 0.780. The quantitative estimate of drug-likeness (QED) is 0.0274. The number of phosphoric ester groups is 1. The summed E-state index contributed by atoms with van der Waals surface area (Å²) in [5, 5.41) is 13.7. The van der Waals surface area contributed by atoms with Gasteiger partial charge in [-0.3, -0.25) is 9.36 Å². The minimum absolute atomic E-state index is 0.0157. The molecule has 0 aromatic carbocycles. The number of quaternary nitrogens is 1. The maximum Gasteiger partial charge on any atom is 0.268 e. The average Bonchev–Trinajstić information content (AvgIpc) is 3.19. The highest BCUT2D eigenvalue weighted by Gasteiger charge is 2.23. The Hall–Kier alpha value is -1.80. The van der Waals surface area contributed by atoms with E-state index in [0.29, 0.717) is 17.4 Å². The molecule has 0 heterocycles. The van der Waals surface area contributed by atoms with Gasteiger partial charge in [0.05, 0.1) is 39.9 Å². The van der Waals surface area contributed by atoms with Gasteiger partial charge in [-0.15, -0.1) is 0 Å². The van der Waals surface area contributed by atoms with Crippen LogP contribution in [0.2, 0.25) is 0 Å². The number of carbonyl (C=O) groups is 1. The second-order valence-electron chi connectivity index (χ2n) is 17.4. The number of hydrogen-bond acceptors (Lipinski definition) is 6. The molecule has 59 heavy (non-hydrogen) atoms. The maximum absolute atomic E-state index is 12.8. The third kappa shape index (κ3) is 44.1. The summed E-state index contributed by atoms with van der Waals surface area (Å²) in [5.74, 6) is -0.278. The largest absolute Gasteiger partial charge is 0.756 e. The van der Waals surface area contributed by atoms with Gasteiger partial charge in [-0.05, 0) is 44.9 Å². The molecule has 0 aromatic heterocycles. The number of phosphoric acid groups is 1. The standard InChI is InChI=1S/C50H93N2O6P/c1-6-8-10-12-14-16-18-20-21-22-23-24-25-26-27-28-29-30-32-33-35-37-39-41-43-49(53)48(47-58-59(55,56)57-46-45-52(3,4)5)51-50(54)44-42-40-38-36-34-31-19-17-15-13-11-9-7-2/h9,11,15,17,31,34,38,40-41,43,48-49,53H,6-8,10,12-14,16,18-30,32-33,35-37,39,42,44-47H2,1-5H3,(H-,51,54,55,56)/b11-9-,17-15-,34-31-,40-38-,43-41+. The van der Waals surface area contributed by atoms with Gasteiger partial charge in [0.2, 0.25) is 5.91 Å². The predicted octanol–water partition coefficient (Wildman–Crippen LogP) is 13.2. The van der Waals surface area contributed by atoms with Crippen molar-refractivity contribution in [2.45, 2.75) is 212 Å². The number of carbonyl (C=O) groups excluding carboxylic acids is 1. The van der Waals surface area contributed by atoms with Gasteiger partial charge in [-0.1, -0.05) is 209 Å². The fourth-order valence-corrected chi connectivity index (χ4v) is 7.42. The number of aliphatic hydroxyl groups is 1. The molecule has 0 aliphatic rings. The van der Waals surface area contributed by atoms with Crippen molar-refractivity contribution in [2.24, 2.45) is 0 Å². The monoisotopic (exact) mass is 849 g/mol. The van der Waals surface area contributed by atoms with Crippen molar-refractivity contribution in [3.63, 3.8) is 0 Å². The van der Waals surface area contributed by atoms with E-state index in [1.165, 1.54) is 128 Å². The Balaban J connectivity index is 4.34. The molecule has 9 heteroatoms. The summed E-state index contributed by atoms with van der Waals surface area (Å²) >= 11 is 0. The zero-order chi connectivity index (χ0) is 43.6. The van der Waals surface area contributed by atoms with Crippen molar-refractivity contribution < 1.29 is 32.9 Å². The SMILES string of the molecule is CC/C=C\C/C=C\C/C=C\C/C=C\CCC(=O)NC(COP(=O)([O-])OCC[N+](C)(C)C)C(O)/C=C/CCCCCCCCCCCCCCCCCCCCCCCC. The molecule has 0 saturated carbocycles. The van der Waals surface area contributed by atoms with Crippen LogP contribution in [0.4, 0.5) is 0 Å². The second kappa shape index (κ2) is 41.5. The number of rotatable bonds is 43. The van der Waals surface area contributed by atoms with Gasteiger partial charge < -0.3 is 28.8 Å². The van der Waals surface area contributed by atoms with Crippen LogP contribution in [-0.2, 0) is 18.4 Å². The molecule has 0 spiro atoms. The number of likely N-dealkylation sites (N-methyl/N-ethyl adjacent to an activating group) is 1. The topological polar surface area (TPSA) is 108 Å². The van der Waals surface area contributed by atoms with E-state index in [-0.39, 0.29) is 18.9 Å². The lowest BCUT2D eigenvalue weighted by molar-refractivity contribution is -0.870. The van der Waals surface area contributed by atoms with Crippen molar-refractivity contribution >= 4 is 13.7 Å². The number of unbranched alkanes of at least 4 members (excludes halogenated alkanes) is 22. The molecule has 0 aliphatic carbocycles. The molecule has 1 amide bonds. The molecule has 8 nitrogen and oxygen atoms in total. The van der Waals surface area contributed by atoms with Crippen LogP contribution in [0, 0.1) is 0 Å². The first kappa shape index (κ1) is 57.2. The molecular formula is C50H93N2O6P. The highest BCUT2D eigenvalue weighted by molar-refractivity contribution is 7.45. The highest BCUT2D eigenvalue weighted by atomic mass is 31.2. The van der Waals surface area contributed by atoms with Crippen LogP contribution in [0.25, 0.3) is 0 Å². The van der Waals surface area contributed by atoms with Gasteiger partial charge in [0.15, 0.2) is 0 Å². The van der Waals surface area contributed by atoms with Gasteiger partial charge in [0.1, 0.15) is 13.2 Å². The van der Waals surface area contributed by atoms with E-state index < -0.39 is 26.6 Å². The zero-order valence-electron chi connectivity index (χ0n) is 38.9. The fourth-order valence-electron chi connectivity index (χ4n) is 6.69. The van der Waals surface area contributed by atoms with Crippen LogP contribution >= 0.6 is 7.82 Å². The Bertz CT molecular complexity index is 1140. The summed E-state index contributed by atoms with van der Waals surface area (Å²) in [7, 11) is 1.21. The lowest BCUT2D eigenvalue weighted by atomic mass is 10.0. The lowest BCUT2D eigenvalue weighted by Crippen LogP contribution is -2.45. The Morgan fingerprint density at radius 3 is 1.47 bits per heavy atom. The molecule has 0 fully saturated rings. The molecular weight excluding hydrogens is 756 g/mol. The van der Waals surface area contributed by atoms with Gasteiger partial charge in [-0.25, -0.2) is 0 Å². The Morgan fingerprint density at radius 2 is 1.03 bits per heavy atom. The molecule has 344 valence electrons. The molecule has 0 aromatic rings. The first-order chi connectivity index (χ1) is 28.5. The van der Waals surface area contributed by atoms with E-state index in [1.54, 1.807) is 6.08 Å². The summed E-state index contributed by atoms with van der Waals surface area (Å²) in [6.07, 6.45) is 54.5. The van der Waals surface area contributed by atoms with Crippen LogP contribution < -0.4 is 10.2 Å². The molecule has 3 unspecified atom stereocenters. The minimum Gasteiger partial charge on any atom is -0.756 e. The Kier molecular flexibility index (Phi) is 40.3. The van der Waals surface area contributed by atoms with Crippen LogP contribution in [0.1, 0.15) is 200 Å². The molecule has 0 bridgehead atoms. The Labute approximate surface area is 364 Å². The van der Waals surface area contributed by atoms with Crippen molar-refractivity contribution in [1.82, 2.24) is 5.32 Å². The van der Waals surface area contributed by atoms with E-state index in [9.17, 15) is 19.4 Å². The summed E-state index contributed by atoms with van der Waals surface area (Å²) in [6, 6.07) is -0.926. The molecule has 2 N–H and O–H groups in total. The number of amides is 1. The van der Waals surface area contributed by atoms with Crippen LogP contribution in [0.3, 0.4) is 0 Å². The van der Waals surface area contributed by atoms with Crippen molar-refractivity contribution in [3.8, 4) is 0 Å². The first-order valence-electron chi connectivity index (χ1n) is 24.2. The summed E-state index contributed by atoms with van der Waals surface area (Å²) in [6.45, 7) is 4.47. The number of allylic oxidation sites excluding steroid dienone is 9. The van der Waals surface area contributed by atoms with Crippen molar-refractivity contribution in [1.29, 1.82) is 0 Å². The van der Waals surface area contributed by atoms with Gasteiger partial charge in [0.25, 0.3) is 7.82 Å². The van der Waals surface area contributed by atoms with E-state index in [0.717, 1.165) is 44.9 Å². The number of nitrogens with zero attached hydrogens (tertiary/aromatic N) is 1. The minimum atomic E-state index is -4.61. The lowest BCUT2D eigenvalue weighted by Gasteiger charge is -2.29. The third-order valence-electron chi connectivity index (χ3n) is 10.5. The van der Waals surface area contributed by atoms with Crippen LogP contribution in [0.15, 0.2) is 60.8 Å². The van der Waals surface area contributed by atoms with Gasteiger partial charge >= 0.3 is 0 Å². The Morgan fingerprint density at radius 1 is 0.610 bits per heavy atom. The molecule has 3 atom stereocenters. The first-order valence-corrected chi connectivity index (χ1v) is 25.6. The zero-order valence-corrected chi connectivity index (χ0v) is 39.8. The summed E-state index contributed by atoms with van der Waals surface area (Å²) < 4.78 is 23.2. The van der Waals surface area contributed by atoms with E-state index in [4.69, 9.17) is 9.05 Å². The second-order valence-corrected chi connectivity index (χ2v) is 18.8. The predicted molar refractivity (Wildman–Crippen MR) is 251 cm³/mol. The number of nitrogens with one attached hydrogen (secondary N) is 1. The van der Waals surface area contributed by atoms with Crippen LogP contribution in [0.5, 0.6) is 0 Å². The van der Waals surface area contributed by atoms with E-state index >= 15 is 0 Å². The summed E-state index contributed by atoms with van der Waals surface area (Å²) in [5.41, 5.74) is 0. The molecule has 0 saturated heterocycles. The van der Waals surface area contributed by atoms with Crippen molar-refractivity contribution in [3.05, 3.63) is 60.8 Å². The van der Waals surface area contributed by atoms with Crippen LogP contribution in [-0.4, -0.2) is 68.5 Å². The summed E-state index contributed by atoms with van der Waals surface area (Å²) in [4.78, 5) is 25.3. The van der Waals surface area contributed by atoms with Gasteiger partial charge in [0, 0.05) is 6.42 Å². The van der Waals surface area contributed by atoms with Crippen molar-refractivity contribution in [2.75, 3.05) is 40.9 Å². The van der Waals surface area contributed by atoms with E-state index in [1.807, 2.05) is 39.4 Å². The van der Waals surface area contributed by atoms with E-state index in [2.05, 4.69) is 55.6 Å². The third-order valence-corrected chi connectivity index (χ3v) is 11.5. The molecule has 0 radical (unpaired) electrons. The smallest absolute Gasteiger partial charge is 0.268 e. The number of aliphatic hydroxyl groups excluding tert-OH is 1. The van der Waals surface area contributed by atoms with Gasteiger partial charge in [-0.2, -0.15) is 0 Å². The number of hydrogen-bond donors (Lipinski definition) is 2. The maximum atomic E-state index is 12.8. The molecule has 0 rings (SSSR count). The normalized spacial score (nSPS) is 14.8. The molecule has 0 aliphatic heterocycles. The average molecular weight is 849 g/mol.